The summed E-state index contributed by atoms with van der Waals surface area (Å²) < 4.78 is 29.9. The second kappa shape index (κ2) is 9.40. The lowest BCUT2D eigenvalue weighted by atomic mass is 9.94. The molecule has 1 N–H and O–H groups in total. The zero-order valence-electron chi connectivity index (χ0n) is 13.2. The summed E-state index contributed by atoms with van der Waals surface area (Å²) in [6.07, 6.45) is 4.13. The molecule has 0 aliphatic carbocycles. The van der Waals surface area contributed by atoms with Gasteiger partial charge in [-0.1, -0.05) is 0 Å². The van der Waals surface area contributed by atoms with Gasteiger partial charge in [0.05, 0.1) is 6.54 Å². The van der Waals surface area contributed by atoms with Gasteiger partial charge in [0, 0.05) is 38.8 Å². The predicted octanol–water partition coefficient (Wildman–Crippen LogP) is 2.43. The minimum Gasteiger partial charge on any atom is -0.381 e. The van der Waals surface area contributed by atoms with Crippen molar-refractivity contribution >= 4 is 5.91 Å². The quantitative estimate of drug-likeness (QED) is 0.784. The molecule has 0 aromatic rings. The number of rotatable bonds is 7. The van der Waals surface area contributed by atoms with Crippen LogP contribution in [0.3, 0.4) is 0 Å². The Kier molecular flexibility index (Phi) is 7.52. The number of likely N-dealkylation sites (tertiary alicyclic amines) is 1. The molecule has 2 aliphatic heterocycles. The molecule has 2 aliphatic rings. The number of piperidine rings is 1. The van der Waals surface area contributed by atoms with Crippen LogP contribution in [0.15, 0.2) is 0 Å². The van der Waals surface area contributed by atoms with Crippen LogP contribution in [-0.2, 0) is 9.53 Å². The number of hydrogen-bond donors (Lipinski definition) is 1. The van der Waals surface area contributed by atoms with Gasteiger partial charge in [-0.05, 0) is 44.4 Å². The van der Waals surface area contributed by atoms with Crippen molar-refractivity contribution in [2.24, 2.45) is 5.92 Å². The van der Waals surface area contributed by atoms with Crippen LogP contribution in [0.5, 0.6) is 0 Å². The van der Waals surface area contributed by atoms with Crippen LogP contribution in [0.4, 0.5) is 8.78 Å². The Hall–Kier alpha value is -0.750. The molecule has 2 saturated heterocycles. The number of nitrogens with one attached hydrogen (secondary N) is 1. The lowest BCUT2D eigenvalue weighted by Crippen LogP contribution is -2.45. The van der Waals surface area contributed by atoms with Crippen molar-refractivity contribution < 1.29 is 18.3 Å². The van der Waals surface area contributed by atoms with E-state index in [2.05, 4.69) is 5.32 Å². The monoisotopic (exact) mass is 318 g/mol. The number of carbonyl (C=O) groups excluding carboxylic acids is 1. The summed E-state index contributed by atoms with van der Waals surface area (Å²) in [6.45, 7) is 2.86. The van der Waals surface area contributed by atoms with Gasteiger partial charge in [-0.2, -0.15) is 0 Å². The second-order valence-electron chi connectivity index (χ2n) is 6.48. The zero-order chi connectivity index (χ0) is 15.8. The first-order chi connectivity index (χ1) is 10.6. The summed E-state index contributed by atoms with van der Waals surface area (Å²) in [6, 6.07) is 0.157. The number of halogens is 2. The van der Waals surface area contributed by atoms with Crippen LogP contribution in [0.25, 0.3) is 0 Å². The molecule has 128 valence electrons. The molecule has 0 aromatic carbocycles. The molecule has 2 heterocycles. The minimum atomic E-state index is -2.27. The summed E-state index contributed by atoms with van der Waals surface area (Å²) in [5.41, 5.74) is 0. The summed E-state index contributed by atoms with van der Waals surface area (Å²) in [7, 11) is 0. The highest BCUT2D eigenvalue weighted by Gasteiger charge is 2.22. The smallest absolute Gasteiger partial charge is 0.251 e. The normalized spacial score (nSPS) is 22.1. The van der Waals surface area contributed by atoms with E-state index in [0.717, 1.165) is 51.7 Å². The molecule has 22 heavy (non-hydrogen) atoms. The molecule has 0 radical (unpaired) electrons. The van der Waals surface area contributed by atoms with Crippen LogP contribution in [-0.4, -0.2) is 56.1 Å². The lowest BCUT2D eigenvalue weighted by Gasteiger charge is -2.32. The molecule has 4 nitrogen and oxygen atoms in total. The van der Waals surface area contributed by atoms with Crippen LogP contribution < -0.4 is 5.32 Å². The Labute approximate surface area is 131 Å². The van der Waals surface area contributed by atoms with E-state index < -0.39 is 6.43 Å². The Morgan fingerprint density at radius 1 is 1.18 bits per heavy atom. The number of alkyl halides is 2. The van der Waals surface area contributed by atoms with Crippen molar-refractivity contribution in [2.75, 3.05) is 32.8 Å². The number of nitrogens with zero attached hydrogens (tertiary/aromatic N) is 1. The topological polar surface area (TPSA) is 41.6 Å². The van der Waals surface area contributed by atoms with Gasteiger partial charge in [-0.15, -0.1) is 0 Å². The maximum atomic E-state index is 12.3. The summed E-state index contributed by atoms with van der Waals surface area (Å²) >= 11 is 0. The summed E-state index contributed by atoms with van der Waals surface area (Å²) in [4.78, 5) is 13.7. The Balaban J connectivity index is 1.54. The van der Waals surface area contributed by atoms with E-state index in [1.54, 1.807) is 4.90 Å². The fourth-order valence-corrected chi connectivity index (χ4v) is 3.34. The van der Waals surface area contributed by atoms with Gasteiger partial charge < -0.3 is 10.1 Å². The van der Waals surface area contributed by atoms with Gasteiger partial charge >= 0.3 is 0 Å². The van der Waals surface area contributed by atoms with Crippen LogP contribution >= 0.6 is 0 Å². The fraction of sp³-hybridized carbons (Fsp3) is 0.938. The first-order valence-electron chi connectivity index (χ1n) is 8.51. The van der Waals surface area contributed by atoms with Crippen LogP contribution in [0.2, 0.25) is 0 Å². The molecule has 6 heteroatoms. The highest BCUT2D eigenvalue weighted by atomic mass is 19.3. The van der Waals surface area contributed by atoms with Gasteiger partial charge in [0.2, 0.25) is 5.91 Å². The molecule has 0 atom stereocenters. The number of hydrogen-bond acceptors (Lipinski definition) is 3. The highest BCUT2D eigenvalue weighted by molar-refractivity contribution is 5.76. The van der Waals surface area contributed by atoms with Crippen molar-refractivity contribution in [3.05, 3.63) is 0 Å². The standard InChI is InChI=1S/C16H28F2N2O2/c17-15(18)12-20-8-4-14(5-9-20)19-16(21)3-1-2-13-6-10-22-11-7-13/h13-15H,1-12H2,(H,19,21). The maximum Gasteiger partial charge on any atom is 0.251 e. The maximum absolute atomic E-state index is 12.3. The van der Waals surface area contributed by atoms with Gasteiger partial charge in [-0.25, -0.2) is 8.78 Å². The SMILES string of the molecule is O=C(CCCC1CCOCC1)NC1CCN(CC(F)F)CC1. The second-order valence-corrected chi connectivity index (χ2v) is 6.48. The van der Waals surface area contributed by atoms with E-state index in [9.17, 15) is 13.6 Å². The van der Waals surface area contributed by atoms with E-state index >= 15 is 0 Å². The molecular weight excluding hydrogens is 290 g/mol. The highest BCUT2D eigenvalue weighted by Crippen LogP contribution is 2.20. The Morgan fingerprint density at radius 2 is 1.86 bits per heavy atom. The molecule has 0 saturated carbocycles. The van der Waals surface area contributed by atoms with E-state index in [-0.39, 0.29) is 18.5 Å². The molecule has 1 amide bonds. The third-order valence-corrected chi connectivity index (χ3v) is 4.71. The van der Waals surface area contributed by atoms with Crippen molar-refractivity contribution in [1.82, 2.24) is 10.2 Å². The Morgan fingerprint density at radius 3 is 2.50 bits per heavy atom. The van der Waals surface area contributed by atoms with Crippen LogP contribution in [0.1, 0.15) is 44.9 Å². The lowest BCUT2D eigenvalue weighted by molar-refractivity contribution is -0.122. The molecule has 0 aromatic heterocycles. The summed E-state index contributed by atoms with van der Waals surface area (Å²) in [5.74, 6) is 0.818. The third kappa shape index (κ3) is 6.57. The number of ether oxygens (including phenoxy) is 1. The van der Waals surface area contributed by atoms with Gasteiger partial charge in [-0.3, -0.25) is 9.69 Å². The van der Waals surface area contributed by atoms with Crippen molar-refractivity contribution in [3.63, 3.8) is 0 Å². The number of carbonyl (C=O) groups is 1. The molecule has 2 fully saturated rings. The zero-order valence-corrected chi connectivity index (χ0v) is 13.2. The molecular formula is C16H28F2N2O2. The van der Waals surface area contributed by atoms with Gasteiger partial charge in [0.1, 0.15) is 0 Å². The van der Waals surface area contributed by atoms with Crippen molar-refractivity contribution in [3.8, 4) is 0 Å². The van der Waals surface area contributed by atoms with Crippen molar-refractivity contribution in [2.45, 2.75) is 57.4 Å². The minimum absolute atomic E-state index is 0.111. The molecule has 0 unspecified atom stereocenters. The fourth-order valence-electron chi connectivity index (χ4n) is 3.34. The van der Waals surface area contributed by atoms with E-state index in [1.807, 2.05) is 0 Å². The van der Waals surface area contributed by atoms with E-state index in [0.29, 0.717) is 25.4 Å². The average molecular weight is 318 g/mol. The summed E-state index contributed by atoms with van der Waals surface area (Å²) in [5, 5.41) is 3.05. The van der Waals surface area contributed by atoms with Gasteiger partial charge in [0.15, 0.2) is 0 Å². The first kappa shape index (κ1) is 17.6. The predicted molar refractivity (Wildman–Crippen MR) is 81.0 cm³/mol. The first-order valence-corrected chi connectivity index (χ1v) is 8.51. The van der Waals surface area contributed by atoms with Gasteiger partial charge in [0.25, 0.3) is 6.43 Å². The third-order valence-electron chi connectivity index (χ3n) is 4.71. The van der Waals surface area contributed by atoms with Crippen molar-refractivity contribution in [1.29, 1.82) is 0 Å². The number of amides is 1. The van der Waals surface area contributed by atoms with E-state index in [1.165, 1.54) is 0 Å². The van der Waals surface area contributed by atoms with E-state index in [4.69, 9.17) is 4.74 Å². The largest absolute Gasteiger partial charge is 0.381 e. The molecule has 0 spiro atoms. The molecule has 2 rings (SSSR count). The Bertz CT molecular complexity index is 328. The average Bonchev–Trinajstić information content (AvgIpc) is 2.50. The van der Waals surface area contributed by atoms with Crippen LogP contribution in [0, 0.1) is 5.92 Å². The molecule has 0 bridgehead atoms.